The van der Waals surface area contributed by atoms with Crippen molar-refractivity contribution < 1.29 is 0 Å². The van der Waals surface area contributed by atoms with Gasteiger partial charge in [0.25, 0.3) is 0 Å². The molecule has 0 unspecified atom stereocenters. The van der Waals surface area contributed by atoms with Gasteiger partial charge in [0.05, 0.1) is 5.69 Å². The molecule has 1 fully saturated rings. The highest BCUT2D eigenvalue weighted by atomic mass is 35.5. The number of nitrogens with zero attached hydrogens (tertiary/aromatic N) is 2. The van der Waals surface area contributed by atoms with Crippen LogP contribution in [0.25, 0.3) is 0 Å². The van der Waals surface area contributed by atoms with Gasteiger partial charge in [0, 0.05) is 29.7 Å². The highest BCUT2D eigenvalue weighted by Crippen LogP contribution is 2.40. The Bertz CT molecular complexity index is 638. The van der Waals surface area contributed by atoms with Gasteiger partial charge in [0.2, 0.25) is 5.95 Å². The first kappa shape index (κ1) is 13.2. The first-order valence-corrected chi connectivity index (χ1v) is 7.13. The van der Waals surface area contributed by atoms with Crippen LogP contribution < -0.4 is 10.6 Å². The maximum absolute atomic E-state index is 6.05. The van der Waals surface area contributed by atoms with Gasteiger partial charge in [-0.25, -0.2) is 4.98 Å². The summed E-state index contributed by atoms with van der Waals surface area (Å²) in [4.78, 5) is 8.96. The van der Waals surface area contributed by atoms with E-state index in [2.05, 4.69) is 20.6 Å². The minimum absolute atomic E-state index is 0.589. The van der Waals surface area contributed by atoms with E-state index in [9.17, 15) is 0 Å². The molecule has 0 bridgehead atoms. The van der Waals surface area contributed by atoms with Crippen molar-refractivity contribution in [3.8, 4) is 0 Å². The van der Waals surface area contributed by atoms with E-state index in [0.717, 1.165) is 22.8 Å². The molecule has 0 spiro atoms. The van der Waals surface area contributed by atoms with Crippen LogP contribution in [0.15, 0.2) is 24.3 Å². The van der Waals surface area contributed by atoms with E-state index in [4.69, 9.17) is 11.6 Å². The Balaban J connectivity index is 1.93. The highest BCUT2D eigenvalue weighted by molar-refractivity contribution is 6.30. The van der Waals surface area contributed by atoms with Crippen molar-refractivity contribution in [2.45, 2.75) is 25.7 Å². The molecule has 0 aliphatic heterocycles. The summed E-state index contributed by atoms with van der Waals surface area (Å²) in [5.41, 5.74) is 3.21. The molecule has 0 amide bonds. The normalized spacial score (nSPS) is 14.2. The molecule has 1 heterocycles. The molecular formula is C15H17ClN4. The summed E-state index contributed by atoms with van der Waals surface area (Å²) in [6, 6.07) is 7.82. The summed E-state index contributed by atoms with van der Waals surface area (Å²) in [5, 5.41) is 7.06. The fourth-order valence-electron chi connectivity index (χ4n) is 2.10. The van der Waals surface area contributed by atoms with Crippen molar-refractivity contribution >= 4 is 29.1 Å². The van der Waals surface area contributed by atoms with Crippen LogP contribution in [0.2, 0.25) is 5.02 Å². The van der Waals surface area contributed by atoms with Crippen molar-refractivity contribution in [2.24, 2.45) is 0 Å². The summed E-state index contributed by atoms with van der Waals surface area (Å²) in [6.45, 7) is 2.04. The van der Waals surface area contributed by atoms with Gasteiger partial charge in [-0.15, -0.1) is 0 Å². The van der Waals surface area contributed by atoms with Gasteiger partial charge in [-0.3, -0.25) is 0 Å². The predicted octanol–water partition coefficient (Wildman–Crippen LogP) is 4.10. The molecular weight excluding hydrogens is 272 g/mol. The molecule has 0 saturated heterocycles. The van der Waals surface area contributed by atoms with Gasteiger partial charge in [-0.1, -0.05) is 17.7 Å². The van der Waals surface area contributed by atoms with Crippen LogP contribution in [0.1, 0.15) is 30.0 Å². The van der Waals surface area contributed by atoms with E-state index in [-0.39, 0.29) is 0 Å². The first-order valence-electron chi connectivity index (χ1n) is 6.75. The minimum atomic E-state index is 0.589. The zero-order chi connectivity index (χ0) is 14.1. The topological polar surface area (TPSA) is 49.8 Å². The van der Waals surface area contributed by atoms with Crippen LogP contribution in [0.5, 0.6) is 0 Å². The molecule has 0 radical (unpaired) electrons. The Labute approximate surface area is 123 Å². The molecule has 3 rings (SSSR count). The van der Waals surface area contributed by atoms with Crippen LogP contribution in [-0.2, 0) is 0 Å². The standard InChI is InChI=1S/C15H17ClN4/c1-9-3-6-11(16)7-12(9)18-14-8-13(10-4-5-10)19-15(17-2)20-14/h3,6-8,10H,4-5H2,1-2H3,(H2,17,18,19,20). The number of aryl methyl sites for hydroxylation is 1. The lowest BCUT2D eigenvalue weighted by Gasteiger charge is -2.11. The third kappa shape index (κ3) is 2.85. The molecule has 2 aromatic rings. The van der Waals surface area contributed by atoms with E-state index in [0.29, 0.717) is 16.9 Å². The lowest BCUT2D eigenvalue weighted by atomic mass is 10.2. The molecule has 1 aliphatic carbocycles. The third-order valence-corrected chi connectivity index (χ3v) is 3.66. The van der Waals surface area contributed by atoms with Crippen molar-refractivity contribution in [2.75, 3.05) is 17.7 Å². The van der Waals surface area contributed by atoms with Gasteiger partial charge >= 0.3 is 0 Å². The molecule has 4 nitrogen and oxygen atoms in total. The highest BCUT2D eigenvalue weighted by Gasteiger charge is 2.26. The zero-order valence-corrected chi connectivity index (χ0v) is 12.3. The van der Waals surface area contributed by atoms with Gasteiger partial charge < -0.3 is 10.6 Å². The fourth-order valence-corrected chi connectivity index (χ4v) is 2.27. The third-order valence-electron chi connectivity index (χ3n) is 3.43. The second-order valence-corrected chi connectivity index (χ2v) is 5.55. The molecule has 20 heavy (non-hydrogen) atoms. The molecule has 1 aliphatic rings. The van der Waals surface area contributed by atoms with Crippen molar-refractivity contribution in [3.63, 3.8) is 0 Å². The summed E-state index contributed by atoms with van der Waals surface area (Å²) >= 11 is 6.05. The van der Waals surface area contributed by atoms with Crippen LogP contribution in [0, 0.1) is 6.92 Å². The zero-order valence-electron chi connectivity index (χ0n) is 11.6. The lowest BCUT2D eigenvalue weighted by molar-refractivity contribution is 0.991. The molecule has 0 atom stereocenters. The van der Waals surface area contributed by atoms with Crippen LogP contribution in [0.4, 0.5) is 17.5 Å². The maximum atomic E-state index is 6.05. The van der Waals surface area contributed by atoms with Gasteiger partial charge in [0.15, 0.2) is 0 Å². The van der Waals surface area contributed by atoms with Crippen molar-refractivity contribution in [1.29, 1.82) is 0 Å². The van der Waals surface area contributed by atoms with E-state index in [1.807, 2.05) is 38.2 Å². The number of benzene rings is 1. The summed E-state index contributed by atoms with van der Waals surface area (Å²) in [7, 11) is 1.83. The second-order valence-electron chi connectivity index (χ2n) is 5.11. The summed E-state index contributed by atoms with van der Waals surface area (Å²) in [6.07, 6.45) is 2.44. The van der Waals surface area contributed by atoms with Crippen molar-refractivity contribution in [1.82, 2.24) is 9.97 Å². The number of anilines is 3. The molecule has 1 saturated carbocycles. The van der Waals surface area contributed by atoms with E-state index in [1.54, 1.807) is 0 Å². The number of aromatic nitrogens is 2. The Kier molecular flexibility index (Phi) is 3.49. The summed E-state index contributed by atoms with van der Waals surface area (Å²) < 4.78 is 0. The SMILES string of the molecule is CNc1nc(Nc2cc(Cl)ccc2C)cc(C2CC2)n1. The molecule has 2 N–H and O–H groups in total. The maximum Gasteiger partial charge on any atom is 0.224 e. The monoisotopic (exact) mass is 288 g/mol. The predicted molar refractivity (Wildman–Crippen MR) is 83.0 cm³/mol. The molecule has 5 heteroatoms. The first-order chi connectivity index (χ1) is 9.65. The van der Waals surface area contributed by atoms with Gasteiger partial charge in [-0.2, -0.15) is 4.98 Å². The number of halogens is 1. The van der Waals surface area contributed by atoms with E-state index < -0.39 is 0 Å². The van der Waals surface area contributed by atoms with Crippen LogP contribution >= 0.6 is 11.6 Å². The van der Waals surface area contributed by atoms with Crippen LogP contribution in [-0.4, -0.2) is 17.0 Å². The Morgan fingerprint density at radius 1 is 1.20 bits per heavy atom. The Morgan fingerprint density at radius 3 is 2.70 bits per heavy atom. The van der Waals surface area contributed by atoms with Gasteiger partial charge in [-0.05, 0) is 37.5 Å². The molecule has 1 aromatic carbocycles. The largest absolute Gasteiger partial charge is 0.357 e. The van der Waals surface area contributed by atoms with Gasteiger partial charge in [0.1, 0.15) is 5.82 Å². The van der Waals surface area contributed by atoms with E-state index >= 15 is 0 Å². The smallest absolute Gasteiger partial charge is 0.224 e. The molecule has 1 aromatic heterocycles. The van der Waals surface area contributed by atoms with Crippen LogP contribution in [0.3, 0.4) is 0 Å². The minimum Gasteiger partial charge on any atom is -0.357 e. The summed E-state index contributed by atoms with van der Waals surface area (Å²) in [5.74, 6) is 2.04. The number of nitrogens with one attached hydrogen (secondary N) is 2. The fraction of sp³-hybridized carbons (Fsp3) is 0.333. The number of rotatable bonds is 4. The Hall–Kier alpha value is -1.81. The molecule has 104 valence electrons. The lowest BCUT2D eigenvalue weighted by Crippen LogP contribution is -2.03. The average Bonchev–Trinajstić information content (AvgIpc) is 3.27. The number of hydrogen-bond donors (Lipinski definition) is 2. The number of hydrogen-bond acceptors (Lipinski definition) is 4. The average molecular weight is 289 g/mol. The van der Waals surface area contributed by atoms with Crippen molar-refractivity contribution in [3.05, 3.63) is 40.5 Å². The Morgan fingerprint density at radius 2 is 2.00 bits per heavy atom. The second kappa shape index (κ2) is 5.29. The van der Waals surface area contributed by atoms with E-state index in [1.165, 1.54) is 12.8 Å². The quantitative estimate of drug-likeness (QED) is 0.889.